The SMILES string of the molecule is Clc1ccc(-c2cc(-c3csc(Nc4ccccn4)n3)on2)cc1. The number of hydrogen-bond donors (Lipinski definition) is 1. The van der Waals surface area contributed by atoms with Crippen LogP contribution >= 0.6 is 22.9 Å². The lowest BCUT2D eigenvalue weighted by Crippen LogP contribution is -1.91. The van der Waals surface area contributed by atoms with Crippen LogP contribution in [0, 0.1) is 0 Å². The monoisotopic (exact) mass is 354 g/mol. The van der Waals surface area contributed by atoms with Gasteiger partial charge in [-0.1, -0.05) is 35.0 Å². The van der Waals surface area contributed by atoms with Crippen molar-refractivity contribution in [2.24, 2.45) is 0 Å². The van der Waals surface area contributed by atoms with E-state index in [1.807, 2.05) is 53.9 Å². The first-order chi connectivity index (χ1) is 11.8. The molecule has 0 bridgehead atoms. The van der Waals surface area contributed by atoms with Gasteiger partial charge < -0.3 is 9.84 Å². The number of thiazole rings is 1. The Morgan fingerprint density at radius 3 is 2.71 bits per heavy atom. The predicted molar refractivity (Wildman–Crippen MR) is 95.6 cm³/mol. The Morgan fingerprint density at radius 2 is 1.92 bits per heavy atom. The van der Waals surface area contributed by atoms with Crippen molar-refractivity contribution in [2.45, 2.75) is 0 Å². The van der Waals surface area contributed by atoms with Gasteiger partial charge in [0, 0.05) is 28.2 Å². The molecule has 24 heavy (non-hydrogen) atoms. The van der Waals surface area contributed by atoms with E-state index in [0.717, 1.165) is 27.9 Å². The van der Waals surface area contributed by atoms with E-state index in [0.29, 0.717) is 10.8 Å². The third-order valence-corrected chi connectivity index (χ3v) is 4.32. The molecule has 1 aromatic carbocycles. The van der Waals surface area contributed by atoms with Crippen LogP contribution in [0.5, 0.6) is 0 Å². The second-order valence-electron chi connectivity index (χ2n) is 4.96. The van der Waals surface area contributed by atoms with E-state index in [2.05, 4.69) is 20.4 Å². The van der Waals surface area contributed by atoms with Crippen molar-refractivity contribution in [1.29, 1.82) is 0 Å². The molecule has 4 rings (SSSR count). The van der Waals surface area contributed by atoms with E-state index in [-0.39, 0.29) is 0 Å². The van der Waals surface area contributed by atoms with Gasteiger partial charge in [-0.05, 0) is 24.3 Å². The molecule has 0 atom stereocenters. The van der Waals surface area contributed by atoms with E-state index in [1.54, 1.807) is 6.20 Å². The van der Waals surface area contributed by atoms with Crippen LogP contribution < -0.4 is 5.32 Å². The van der Waals surface area contributed by atoms with Crippen LogP contribution in [0.15, 0.2) is 64.6 Å². The van der Waals surface area contributed by atoms with E-state index < -0.39 is 0 Å². The topological polar surface area (TPSA) is 63.8 Å². The van der Waals surface area contributed by atoms with E-state index in [4.69, 9.17) is 16.1 Å². The van der Waals surface area contributed by atoms with E-state index in [1.165, 1.54) is 11.3 Å². The van der Waals surface area contributed by atoms with Crippen LogP contribution in [0.4, 0.5) is 10.9 Å². The lowest BCUT2D eigenvalue weighted by molar-refractivity contribution is 0.434. The summed E-state index contributed by atoms with van der Waals surface area (Å²) in [5.41, 5.74) is 2.41. The molecule has 5 nitrogen and oxygen atoms in total. The van der Waals surface area contributed by atoms with Gasteiger partial charge in [0.2, 0.25) is 0 Å². The highest BCUT2D eigenvalue weighted by Crippen LogP contribution is 2.30. The molecule has 0 unspecified atom stereocenters. The van der Waals surface area contributed by atoms with Crippen LogP contribution in [-0.2, 0) is 0 Å². The quantitative estimate of drug-likeness (QED) is 0.541. The lowest BCUT2D eigenvalue weighted by Gasteiger charge is -1.98. The van der Waals surface area contributed by atoms with Gasteiger partial charge in [0.25, 0.3) is 0 Å². The highest BCUT2D eigenvalue weighted by atomic mass is 35.5. The summed E-state index contributed by atoms with van der Waals surface area (Å²) in [4.78, 5) is 8.73. The summed E-state index contributed by atoms with van der Waals surface area (Å²) in [6.45, 7) is 0. The highest BCUT2D eigenvalue weighted by molar-refractivity contribution is 7.14. The van der Waals surface area contributed by atoms with Gasteiger partial charge in [0.1, 0.15) is 17.2 Å². The van der Waals surface area contributed by atoms with Gasteiger partial charge in [-0.25, -0.2) is 9.97 Å². The van der Waals surface area contributed by atoms with Crippen LogP contribution in [-0.4, -0.2) is 15.1 Å². The number of nitrogens with one attached hydrogen (secondary N) is 1. The minimum atomic E-state index is 0.616. The van der Waals surface area contributed by atoms with Crippen molar-refractivity contribution in [3.63, 3.8) is 0 Å². The maximum Gasteiger partial charge on any atom is 0.188 e. The highest BCUT2D eigenvalue weighted by Gasteiger charge is 2.12. The third kappa shape index (κ3) is 3.15. The predicted octanol–water partition coefficient (Wildman–Crippen LogP) is 5.26. The Balaban J connectivity index is 1.56. The van der Waals surface area contributed by atoms with Crippen molar-refractivity contribution < 1.29 is 4.52 Å². The number of benzene rings is 1. The zero-order chi connectivity index (χ0) is 16.4. The molecule has 0 amide bonds. The van der Waals surface area contributed by atoms with Gasteiger partial charge in [0.05, 0.1) is 0 Å². The number of hydrogen-bond acceptors (Lipinski definition) is 6. The molecular weight excluding hydrogens is 344 g/mol. The molecule has 7 heteroatoms. The summed E-state index contributed by atoms with van der Waals surface area (Å²) in [7, 11) is 0. The number of pyridine rings is 1. The average Bonchev–Trinajstić information content (AvgIpc) is 3.26. The Morgan fingerprint density at radius 1 is 1.04 bits per heavy atom. The lowest BCUT2D eigenvalue weighted by atomic mass is 10.1. The number of nitrogens with zero attached hydrogens (tertiary/aromatic N) is 3. The van der Waals surface area contributed by atoms with Crippen LogP contribution in [0.3, 0.4) is 0 Å². The molecule has 3 aromatic heterocycles. The zero-order valence-corrected chi connectivity index (χ0v) is 13.9. The van der Waals surface area contributed by atoms with E-state index >= 15 is 0 Å². The first-order valence-corrected chi connectivity index (χ1v) is 8.40. The van der Waals surface area contributed by atoms with Gasteiger partial charge in [-0.15, -0.1) is 11.3 Å². The molecular formula is C17H11ClN4OS. The fraction of sp³-hybridized carbons (Fsp3) is 0. The second-order valence-corrected chi connectivity index (χ2v) is 6.26. The summed E-state index contributed by atoms with van der Waals surface area (Å²) in [5, 5.41) is 10.6. The van der Waals surface area contributed by atoms with Gasteiger partial charge >= 0.3 is 0 Å². The second kappa shape index (κ2) is 6.43. The first-order valence-electron chi connectivity index (χ1n) is 7.14. The van der Waals surface area contributed by atoms with Gasteiger partial charge in [0.15, 0.2) is 10.9 Å². The fourth-order valence-corrected chi connectivity index (χ4v) is 2.98. The van der Waals surface area contributed by atoms with Gasteiger partial charge in [-0.3, -0.25) is 0 Å². The Labute approximate surface area is 147 Å². The Hall–Kier alpha value is -2.70. The summed E-state index contributed by atoms with van der Waals surface area (Å²) >= 11 is 7.38. The van der Waals surface area contributed by atoms with Crippen molar-refractivity contribution >= 4 is 33.9 Å². The normalized spacial score (nSPS) is 10.7. The van der Waals surface area contributed by atoms with Gasteiger partial charge in [-0.2, -0.15) is 0 Å². The maximum atomic E-state index is 5.90. The molecule has 0 saturated carbocycles. The minimum absolute atomic E-state index is 0.616. The van der Waals surface area contributed by atoms with Crippen molar-refractivity contribution in [2.75, 3.05) is 5.32 Å². The summed E-state index contributed by atoms with van der Waals surface area (Å²) in [6, 6.07) is 15.0. The van der Waals surface area contributed by atoms with Crippen LogP contribution in [0.2, 0.25) is 5.02 Å². The first kappa shape index (κ1) is 14.9. The molecule has 3 heterocycles. The number of anilines is 2. The van der Waals surface area contributed by atoms with Crippen LogP contribution in [0.1, 0.15) is 0 Å². The molecule has 0 aliphatic carbocycles. The third-order valence-electron chi connectivity index (χ3n) is 3.31. The summed E-state index contributed by atoms with van der Waals surface area (Å²) < 4.78 is 5.42. The van der Waals surface area contributed by atoms with Crippen molar-refractivity contribution in [3.8, 4) is 22.7 Å². The fourth-order valence-electron chi connectivity index (χ4n) is 2.14. The average molecular weight is 355 g/mol. The zero-order valence-electron chi connectivity index (χ0n) is 12.3. The molecule has 4 aromatic rings. The Kier molecular flexibility index (Phi) is 3.98. The van der Waals surface area contributed by atoms with Crippen molar-refractivity contribution in [3.05, 3.63) is 65.1 Å². The molecule has 0 aliphatic rings. The number of aromatic nitrogens is 3. The molecule has 0 spiro atoms. The largest absolute Gasteiger partial charge is 0.354 e. The molecule has 1 N–H and O–H groups in total. The maximum absolute atomic E-state index is 5.90. The summed E-state index contributed by atoms with van der Waals surface area (Å²) in [6.07, 6.45) is 1.73. The number of halogens is 1. The number of rotatable bonds is 4. The Bertz CT molecular complexity index is 950. The van der Waals surface area contributed by atoms with Crippen molar-refractivity contribution in [1.82, 2.24) is 15.1 Å². The summed E-state index contributed by atoms with van der Waals surface area (Å²) in [5.74, 6) is 1.36. The molecule has 0 radical (unpaired) electrons. The van der Waals surface area contributed by atoms with Crippen LogP contribution in [0.25, 0.3) is 22.7 Å². The molecule has 0 fully saturated rings. The molecule has 0 saturated heterocycles. The molecule has 118 valence electrons. The standard InChI is InChI=1S/C17H11ClN4OS/c18-12-6-4-11(5-7-12)13-9-15(23-22-13)14-10-24-17(20-14)21-16-3-1-2-8-19-16/h1-10H,(H,19,20,21). The minimum Gasteiger partial charge on any atom is -0.354 e. The van der Waals surface area contributed by atoms with E-state index in [9.17, 15) is 0 Å². The smallest absolute Gasteiger partial charge is 0.188 e. The molecule has 0 aliphatic heterocycles.